The van der Waals surface area contributed by atoms with E-state index < -0.39 is 22.0 Å². The third-order valence-corrected chi connectivity index (χ3v) is 6.17. The van der Waals surface area contributed by atoms with E-state index in [-0.39, 0.29) is 23.9 Å². The fourth-order valence-electron chi connectivity index (χ4n) is 2.88. The van der Waals surface area contributed by atoms with E-state index in [1.54, 1.807) is 36.4 Å². The first-order valence-electron chi connectivity index (χ1n) is 11.1. The van der Waals surface area contributed by atoms with Crippen molar-refractivity contribution in [1.29, 1.82) is 0 Å². The number of nitrogens with zero attached hydrogens (tertiary/aromatic N) is 1. The number of aliphatic carboxylic acids is 1. The topological polar surface area (TPSA) is 176 Å². The third kappa shape index (κ3) is 10.1. The largest absolute Gasteiger partial charge is 0.494 e. The fourth-order valence-corrected chi connectivity index (χ4v) is 4.06. The van der Waals surface area contributed by atoms with Gasteiger partial charge in [0.25, 0.3) is 0 Å². The quantitative estimate of drug-likeness (QED) is 0.114. The van der Waals surface area contributed by atoms with Crippen molar-refractivity contribution in [2.75, 3.05) is 19.8 Å². The van der Waals surface area contributed by atoms with Gasteiger partial charge in [0.1, 0.15) is 24.1 Å². The van der Waals surface area contributed by atoms with E-state index in [0.717, 1.165) is 12.8 Å². The number of oxime groups is 1. The van der Waals surface area contributed by atoms with Crippen molar-refractivity contribution in [3.8, 4) is 11.5 Å². The monoisotopic (exact) mass is 508 g/mol. The van der Waals surface area contributed by atoms with E-state index in [9.17, 15) is 18.3 Å². The fraction of sp³-hybridized carbons (Fsp3) is 0.391. The Bertz CT molecular complexity index is 1050. The van der Waals surface area contributed by atoms with Gasteiger partial charge in [-0.2, -0.15) is 4.72 Å². The number of unbranched alkanes of at least 4 members (excludes halogenated alkanes) is 1. The molecule has 0 aromatic heterocycles. The van der Waals surface area contributed by atoms with Crippen molar-refractivity contribution < 1.29 is 32.6 Å². The van der Waals surface area contributed by atoms with Crippen molar-refractivity contribution in [3.05, 3.63) is 54.1 Å². The van der Waals surface area contributed by atoms with Crippen molar-refractivity contribution in [2.24, 2.45) is 16.6 Å². The van der Waals surface area contributed by atoms with Gasteiger partial charge in [0, 0.05) is 6.42 Å². The van der Waals surface area contributed by atoms with Gasteiger partial charge in [-0.3, -0.25) is 4.79 Å². The van der Waals surface area contributed by atoms with Crippen LogP contribution in [0.4, 0.5) is 0 Å². The second kappa shape index (κ2) is 14.0. The van der Waals surface area contributed by atoms with E-state index in [0.29, 0.717) is 36.7 Å². The highest BCUT2D eigenvalue weighted by Gasteiger charge is 2.25. The summed E-state index contributed by atoms with van der Waals surface area (Å²) >= 11 is 0. The minimum atomic E-state index is -4.05. The Kier molecular flexibility index (Phi) is 11.1. The maximum absolute atomic E-state index is 12.7. The van der Waals surface area contributed by atoms with Gasteiger partial charge in [-0.1, -0.05) is 25.5 Å². The van der Waals surface area contributed by atoms with Gasteiger partial charge in [0.05, 0.1) is 18.1 Å². The maximum Gasteiger partial charge on any atom is 0.322 e. The van der Waals surface area contributed by atoms with Crippen LogP contribution in [0.15, 0.2) is 58.6 Å². The normalized spacial score (nSPS) is 11.9. The summed E-state index contributed by atoms with van der Waals surface area (Å²) in [5.74, 6) is -0.317. The molecule has 0 heterocycles. The van der Waals surface area contributed by atoms with Gasteiger partial charge in [-0.25, -0.2) is 8.42 Å². The number of nitrogens with one attached hydrogen (secondary N) is 1. The third-order valence-electron chi connectivity index (χ3n) is 4.68. The molecule has 2 aromatic rings. The molecule has 0 unspecified atom stereocenters. The highest BCUT2D eigenvalue weighted by Crippen LogP contribution is 2.18. The Labute approximate surface area is 205 Å². The minimum absolute atomic E-state index is 0.0423. The smallest absolute Gasteiger partial charge is 0.322 e. The minimum Gasteiger partial charge on any atom is -0.494 e. The van der Waals surface area contributed by atoms with Crippen LogP contribution in [0.1, 0.15) is 31.7 Å². The van der Waals surface area contributed by atoms with Crippen LogP contribution in [0, 0.1) is 0 Å². The molecule has 0 aliphatic rings. The summed E-state index contributed by atoms with van der Waals surface area (Å²) in [5.41, 5.74) is 10.9. The first-order valence-corrected chi connectivity index (χ1v) is 12.6. The molecule has 2 rings (SSSR count). The number of carboxylic acids is 1. The zero-order valence-corrected chi connectivity index (χ0v) is 20.4. The summed E-state index contributed by atoms with van der Waals surface area (Å²) in [7, 11) is -4.05. The van der Waals surface area contributed by atoms with E-state index in [1.165, 1.54) is 12.1 Å². The second-order valence-corrected chi connectivity index (χ2v) is 9.30. The molecule has 1 atom stereocenters. The molecule has 0 aliphatic heterocycles. The molecular formula is C23H32N4O7S. The van der Waals surface area contributed by atoms with Gasteiger partial charge in [0.15, 0.2) is 0 Å². The number of sulfonamides is 1. The molecule has 0 fully saturated rings. The summed E-state index contributed by atoms with van der Waals surface area (Å²) in [6.45, 7) is 3.23. The Morgan fingerprint density at radius 3 is 2.09 bits per heavy atom. The Morgan fingerprint density at radius 1 is 0.971 bits per heavy atom. The number of rotatable bonds is 16. The summed E-state index contributed by atoms with van der Waals surface area (Å²) in [6, 6.07) is 11.2. The van der Waals surface area contributed by atoms with Crippen LogP contribution in [-0.4, -0.2) is 51.3 Å². The molecule has 11 nitrogen and oxygen atoms in total. The Balaban J connectivity index is 1.91. The van der Waals surface area contributed by atoms with Gasteiger partial charge >= 0.3 is 5.97 Å². The number of carboxylic acid groups (broad SMARTS) is 1. The standard InChI is InChI=1S/C23H32N4O7S/c1-2-3-13-32-19-9-11-20(12-10-19)35(30,31)27-21(22(28)29)16-17-5-7-18(8-6-17)33-14-4-15-34-26-23(24)25/h5-12,21,27H,2-4,13-16H2,1H3,(H,28,29)(H4,24,25,26)/t21-/m0/s1. The molecule has 0 saturated carbocycles. The van der Waals surface area contributed by atoms with Crippen LogP contribution in [0.5, 0.6) is 11.5 Å². The van der Waals surface area contributed by atoms with Gasteiger partial charge in [-0.15, -0.1) is 0 Å². The summed E-state index contributed by atoms with van der Waals surface area (Å²) in [5, 5.41) is 13.0. The summed E-state index contributed by atoms with van der Waals surface area (Å²) in [6.07, 6.45) is 2.39. The Morgan fingerprint density at radius 2 is 1.54 bits per heavy atom. The van der Waals surface area contributed by atoms with Crippen LogP contribution >= 0.6 is 0 Å². The molecule has 35 heavy (non-hydrogen) atoms. The van der Waals surface area contributed by atoms with Crippen LogP contribution < -0.4 is 25.7 Å². The number of carbonyl (C=O) groups is 1. The summed E-state index contributed by atoms with van der Waals surface area (Å²) < 4.78 is 38.8. The maximum atomic E-state index is 12.7. The molecular weight excluding hydrogens is 476 g/mol. The molecule has 2 aromatic carbocycles. The number of ether oxygens (including phenoxy) is 2. The zero-order chi connectivity index (χ0) is 25.7. The molecule has 0 saturated heterocycles. The molecule has 192 valence electrons. The molecule has 0 radical (unpaired) electrons. The van der Waals surface area contributed by atoms with Gasteiger partial charge < -0.3 is 30.9 Å². The van der Waals surface area contributed by atoms with Crippen molar-refractivity contribution in [1.82, 2.24) is 4.72 Å². The molecule has 0 bridgehead atoms. The van der Waals surface area contributed by atoms with Crippen LogP contribution in [-0.2, 0) is 26.1 Å². The number of hydrogen-bond donors (Lipinski definition) is 4. The number of benzene rings is 2. The SMILES string of the molecule is CCCCOc1ccc(S(=O)(=O)N[C@@H](Cc2ccc(OCCCON=C(N)N)cc2)C(=O)O)cc1. The predicted molar refractivity (Wildman–Crippen MR) is 131 cm³/mol. The van der Waals surface area contributed by atoms with Crippen LogP contribution in [0.3, 0.4) is 0 Å². The van der Waals surface area contributed by atoms with Gasteiger partial charge in [0.2, 0.25) is 16.0 Å². The summed E-state index contributed by atoms with van der Waals surface area (Å²) in [4.78, 5) is 16.6. The lowest BCUT2D eigenvalue weighted by Crippen LogP contribution is -2.42. The highest BCUT2D eigenvalue weighted by molar-refractivity contribution is 7.89. The average Bonchev–Trinajstić information content (AvgIpc) is 2.82. The number of nitrogens with two attached hydrogens (primary N) is 2. The van der Waals surface area contributed by atoms with Crippen molar-refractivity contribution >= 4 is 22.0 Å². The van der Waals surface area contributed by atoms with E-state index >= 15 is 0 Å². The first-order chi connectivity index (χ1) is 16.7. The van der Waals surface area contributed by atoms with E-state index in [4.69, 9.17) is 25.8 Å². The lowest BCUT2D eigenvalue weighted by Gasteiger charge is -2.16. The predicted octanol–water partition coefficient (Wildman–Crippen LogP) is 1.81. The number of guanidine groups is 1. The average molecular weight is 509 g/mol. The molecule has 0 spiro atoms. The van der Waals surface area contributed by atoms with Crippen LogP contribution in [0.2, 0.25) is 0 Å². The highest BCUT2D eigenvalue weighted by atomic mass is 32.2. The lowest BCUT2D eigenvalue weighted by atomic mass is 10.1. The Hall–Kier alpha value is -3.51. The molecule has 12 heteroatoms. The number of hydrogen-bond acceptors (Lipinski definition) is 7. The zero-order valence-electron chi connectivity index (χ0n) is 19.6. The van der Waals surface area contributed by atoms with Crippen LogP contribution in [0.25, 0.3) is 0 Å². The first kappa shape index (κ1) is 27.7. The van der Waals surface area contributed by atoms with E-state index in [2.05, 4.69) is 9.88 Å². The molecule has 0 aliphatic carbocycles. The van der Waals surface area contributed by atoms with Crippen molar-refractivity contribution in [2.45, 2.75) is 43.5 Å². The molecule has 6 N–H and O–H groups in total. The van der Waals surface area contributed by atoms with Gasteiger partial charge in [-0.05, 0) is 60.0 Å². The van der Waals surface area contributed by atoms with E-state index in [1.807, 2.05) is 6.92 Å². The lowest BCUT2D eigenvalue weighted by molar-refractivity contribution is -0.138. The second-order valence-electron chi connectivity index (χ2n) is 7.58. The van der Waals surface area contributed by atoms with Crippen molar-refractivity contribution in [3.63, 3.8) is 0 Å². The molecule has 0 amide bonds.